The number of aromatic nitrogens is 1. The maximum atomic E-state index is 10.8. The number of hydrogen-bond acceptors (Lipinski definition) is 1. The number of carbonyl (C=O) groups excluding carboxylic acids is 1. The van der Waals surface area contributed by atoms with Crippen LogP contribution in [0.2, 0.25) is 0 Å². The molecule has 1 heterocycles. The van der Waals surface area contributed by atoms with E-state index in [9.17, 15) is 4.79 Å². The van der Waals surface area contributed by atoms with Gasteiger partial charge < -0.3 is 10.5 Å². The number of Topliss-reactive ketones (excluding diaryl/α,β-unsaturated/α-hetero) is 1. The summed E-state index contributed by atoms with van der Waals surface area (Å²) in [5, 5.41) is 0. The monoisotopic (exact) mass is 135 g/mol. The summed E-state index contributed by atoms with van der Waals surface area (Å²) in [7, 11) is 0. The van der Waals surface area contributed by atoms with Crippen molar-refractivity contribution in [2.75, 3.05) is 0 Å². The van der Waals surface area contributed by atoms with E-state index in [2.05, 4.69) is 9.77 Å². The van der Waals surface area contributed by atoms with E-state index in [1.165, 1.54) is 0 Å². The van der Waals surface area contributed by atoms with Crippen molar-refractivity contribution in [3.05, 3.63) is 29.6 Å². The first-order chi connectivity index (χ1) is 4.84. The summed E-state index contributed by atoms with van der Waals surface area (Å²) in [6.07, 6.45) is 2.46. The van der Waals surface area contributed by atoms with E-state index in [0.29, 0.717) is 5.69 Å². The molecular formula is C6H5N3O. The van der Waals surface area contributed by atoms with Gasteiger partial charge in [-0.15, -0.1) is 0 Å². The Morgan fingerprint density at radius 2 is 2.60 bits per heavy atom. The third kappa shape index (κ3) is 1.18. The molecule has 0 aliphatic heterocycles. The minimum Gasteiger partial charge on any atom is -0.361 e. The molecule has 0 spiro atoms. The Bertz CT molecular complexity index is 269. The van der Waals surface area contributed by atoms with Gasteiger partial charge in [-0.1, -0.05) is 0 Å². The molecule has 50 valence electrons. The van der Waals surface area contributed by atoms with Gasteiger partial charge in [-0.3, -0.25) is 4.79 Å². The van der Waals surface area contributed by atoms with Crippen molar-refractivity contribution in [2.45, 2.75) is 0 Å². The van der Waals surface area contributed by atoms with Crippen LogP contribution in [0.1, 0.15) is 10.5 Å². The quantitative estimate of drug-likeness (QED) is 0.273. The number of H-pyrrole nitrogens is 1. The van der Waals surface area contributed by atoms with Gasteiger partial charge in [-0.2, -0.15) is 4.79 Å². The molecule has 4 heteroatoms. The second kappa shape index (κ2) is 2.75. The molecule has 0 saturated carbocycles. The van der Waals surface area contributed by atoms with Crippen molar-refractivity contribution >= 4 is 12.0 Å². The van der Waals surface area contributed by atoms with E-state index < -0.39 is 0 Å². The second-order valence-electron chi connectivity index (χ2n) is 1.69. The maximum Gasteiger partial charge on any atom is 0.329 e. The van der Waals surface area contributed by atoms with Crippen LogP contribution in [0.4, 0.5) is 0 Å². The second-order valence-corrected chi connectivity index (χ2v) is 1.69. The highest BCUT2D eigenvalue weighted by Gasteiger charge is 2.05. The van der Waals surface area contributed by atoms with Gasteiger partial charge >= 0.3 is 6.21 Å². The van der Waals surface area contributed by atoms with Gasteiger partial charge in [-0.05, 0) is 12.1 Å². The molecule has 1 N–H and O–H groups in total. The molecule has 1 rings (SSSR count). The summed E-state index contributed by atoms with van der Waals surface area (Å²) in [6.45, 7) is 0. The third-order valence-corrected chi connectivity index (χ3v) is 1.04. The number of nitrogens with one attached hydrogen (secondary N) is 1. The highest BCUT2D eigenvalue weighted by molar-refractivity contribution is 6.32. The average molecular weight is 135 g/mol. The summed E-state index contributed by atoms with van der Waals surface area (Å²) < 4.78 is 0. The number of nitrogens with zero attached hydrogens (tertiary/aromatic N) is 2. The van der Waals surface area contributed by atoms with Gasteiger partial charge in [0.2, 0.25) is 0 Å². The Kier molecular flexibility index (Phi) is 1.78. The van der Waals surface area contributed by atoms with E-state index >= 15 is 0 Å². The van der Waals surface area contributed by atoms with Crippen LogP contribution in [0.5, 0.6) is 0 Å². The van der Waals surface area contributed by atoms with E-state index in [4.69, 9.17) is 5.53 Å². The Balaban J connectivity index is 2.87. The van der Waals surface area contributed by atoms with E-state index in [-0.39, 0.29) is 5.78 Å². The summed E-state index contributed by atoms with van der Waals surface area (Å²) in [5.41, 5.74) is 8.38. The fraction of sp³-hybridized carbons (Fsp3) is 0. The first-order valence-corrected chi connectivity index (χ1v) is 2.70. The molecule has 0 atom stereocenters. The largest absolute Gasteiger partial charge is 0.361 e. The molecule has 0 unspecified atom stereocenters. The fourth-order valence-corrected chi connectivity index (χ4v) is 0.606. The van der Waals surface area contributed by atoms with Gasteiger partial charge in [0.1, 0.15) is 0 Å². The Morgan fingerprint density at radius 1 is 1.80 bits per heavy atom. The minimum absolute atomic E-state index is 0.340. The lowest BCUT2D eigenvalue weighted by Gasteiger charge is -1.79. The predicted molar refractivity (Wildman–Crippen MR) is 34.8 cm³/mol. The summed E-state index contributed by atoms with van der Waals surface area (Å²) >= 11 is 0. The molecule has 0 aliphatic carbocycles. The molecule has 4 nitrogen and oxygen atoms in total. The van der Waals surface area contributed by atoms with Crippen LogP contribution < -0.4 is 0 Å². The molecule has 0 saturated heterocycles. The highest BCUT2D eigenvalue weighted by atomic mass is 16.1. The third-order valence-electron chi connectivity index (χ3n) is 1.04. The van der Waals surface area contributed by atoms with Gasteiger partial charge in [0, 0.05) is 6.20 Å². The zero-order valence-electron chi connectivity index (χ0n) is 5.11. The number of carbonyl (C=O) groups is 1. The van der Waals surface area contributed by atoms with Crippen molar-refractivity contribution < 1.29 is 9.58 Å². The first kappa shape index (κ1) is 6.45. The smallest absolute Gasteiger partial charge is 0.329 e. The Morgan fingerprint density at radius 3 is 3.10 bits per heavy atom. The molecule has 1 aromatic rings. The van der Waals surface area contributed by atoms with E-state index in [1.807, 2.05) is 0 Å². The standard InChI is InChI=1S/C6H5N3O/c7-9-4-6(10)5-2-1-3-8-5/h1-4,8H. The van der Waals surface area contributed by atoms with Gasteiger partial charge in [-0.25, -0.2) is 0 Å². The molecule has 0 bridgehead atoms. The van der Waals surface area contributed by atoms with Crippen molar-refractivity contribution in [2.24, 2.45) is 0 Å². The van der Waals surface area contributed by atoms with Crippen LogP contribution >= 0.6 is 0 Å². The summed E-state index contributed by atoms with van der Waals surface area (Å²) in [6, 6.07) is 3.29. The van der Waals surface area contributed by atoms with Crippen LogP contribution in [0, 0.1) is 0 Å². The van der Waals surface area contributed by atoms with Crippen molar-refractivity contribution in [1.29, 1.82) is 0 Å². The maximum absolute atomic E-state index is 10.8. The van der Waals surface area contributed by atoms with Crippen molar-refractivity contribution in [1.82, 2.24) is 4.98 Å². The lowest BCUT2D eigenvalue weighted by atomic mass is 10.3. The normalized spacial score (nSPS) is 8.40. The SMILES string of the molecule is [N-]=[N+]=CC(=O)c1ccc[nH]1. The Hall–Kier alpha value is -1.67. The van der Waals surface area contributed by atoms with Crippen LogP contribution in [0.25, 0.3) is 5.53 Å². The molecule has 1 aromatic heterocycles. The van der Waals surface area contributed by atoms with Crippen LogP contribution in [0.3, 0.4) is 0 Å². The molecule has 0 fully saturated rings. The van der Waals surface area contributed by atoms with Gasteiger partial charge in [0.25, 0.3) is 5.78 Å². The highest BCUT2D eigenvalue weighted by Crippen LogP contribution is 1.92. The summed E-state index contributed by atoms with van der Waals surface area (Å²) in [5.74, 6) is -0.340. The fourth-order valence-electron chi connectivity index (χ4n) is 0.606. The number of ketones is 1. The zero-order chi connectivity index (χ0) is 7.40. The molecular weight excluding hydrogens is 130 g/mol. The van der Waals surface area contributed by atoms with E-state index in [1.54, 1.807) is 18.3 Å². The summed E-state index contributed by atoms with van der Waals surface area (Å²) in [4.78, 5) is 16.0. The predicted octanol–water partition coefficient (Wildman–Crippen LogP) is 0.498. The lowest BCUT2D eigenvalue weighted by molar-refractivity contribution is 0.00230. The van der Waals surface area contributed by atoms with Gasteiger partial charge in [0.05, 0.1) is 5.69 Å². The zero-order valence-corrected chi connectivity index (χ0v) is 5.11. The van der Waals surface area contributed by atoms with Crippen molar-refractivity contribution in [3.8, 4) is 0 Å². The van der Waals surface area contributed by atoms with Crippen LogP contribution in [-0.4, -0.2) is 21.8 Å². The van der Waals surface area contributed by atoms with Crippen molar-refractivity contribution in [3.63, 3.8) is 0 Å². The number of aromatic amines is 1. The number of hydrogen-bond donors (Lipinski definition) is 1. The molecule has 0 aliphatic rings. The lowest BCUT2D eigenvalue weighted by Crippen LogP contribution is -2.00. The topological polar surface area (TPSA) is 69.3 Å². The molecule has 0 amide bonds. The first-order valence-electron chi connectivity index (χ1n) is 2.70. The average Bonchev–Trinajstić information content (AvgIpc) is 2.38. The molecule has 0 aromatic carbocycles. The van der Waals surface area contributed by atoms with Crippen LogP contribution in [0.15, 0.2) is 18.3 Å². The van der Waals surface area contributed by atoms with Crippen LogP contribution in [-0.2, 0) is 0 Å². The van der Waals surface area contributed by atoms with Gasteiger partial charge in [0.15, 0.2) is 0 Å². The molecule has 0 radical (unpaired) electrons. The molecule has 10 heavy (non-hydrogen) atoms. The number of rotatable bonds is 2. The van der Waals surface area contributed by atoms with E-state index in [0.717, 1.165) is 6.21 Å². The Labute approximate surface area is 57.1 Å². The minimum atomic E-state index is -0.340.